The van der Waals surface area contributed by atoms with Gasteiger partial charge < -0.3 is 10.5 Å². The average molecular weight is 242 g/mol. The lowest BCUT2D eigenvalue weighted by molar-refractivity contribution is 0.320. The molecular formula is C15H18N2O. The number of ether oxygens (including phenoxy) is 1. The molecule has 0 aliphatic rings. The van der Waals surface area contributed by atoms with Crippen molar-refractivity contribution >= 4 is 0 Å². The third kappa shape index (κ3) is 3.57. The summed E-state index contributed by atoms with van der Waals surface area (Å²) in [6.07, 6.45) is 2.61. The largest absolute Gasteiger partial charge is 0.493 e. The van der Waals surface area contributed by atoms with E-state index < -0.39 is 0 Å². The lowest BCUT2D eigenvalue weighted by atomic mass is 10.1. The van der Waals surface area contributed by atoms with Gasteiger partial charge in [0, 0.05) is 24.4 Å². The molecule has 2 rings (SSSR count). The van der Waals surface area contributed by atoms with Gasteiger partial charge in [0.1, 0.15) is 5.75 Å². The molecule has 0 amide bonds. The quantitative estimate of drug-likeness (QED) is 0.877. The number of benzene rings is 1. The van der Waals surface area contributed by atoms with Gasteiger partial charge in [-0.15, -0.1) is 0 Å². The second-order valence-electron chi connectivity index (χ2n) is 4.28. The first kappa shape index (κ1) is 12.6. The van der Waals surface area contributed by atoms with E-state index in [9.17, 15) is 0 Å². The third-order valence-corrected chi connectivity index (χ3v) is 2.76. The highest BCUT2D eigenvalue weighted by Crippen LogP contribution is 2.16. The molecule has 1 heterocycles. The van der Waals surface area contributed by atoms with Crippen molar-refractivity contribution in [1.29, 1.82) is 0 Å². The molecule has 2 N–H and O–H groups in total. The van der Waals surface area contributed by atoms with E-state index in [-0.39, 0.29) is 6.04 Å². The van der Waals surface area contributed by atoms with Crippen LogP contribution in [0.25, 0.3) is 0 Å². The van der Waals surface area contributed by atoms with E-state index in [1.165, 1.54) is 0 Å². The molecule has 3 heteroatoms. The molecule has 1 aromatic heterocycles. The summed E-state index contributed by atoms with van der Waals surface area (Å²) < 4.78 is 5.66. The predicted molar refractivity (Wildman–Crippen MR) is 72.5 cm³/mol. The van der Waals surface area contributed by atoms with Gasteiger partial charge in [0.2, 0.25) is 0 Å². The smallest absolute Gasteiger partial charge is 0.119 e. The first-order chi connectivity index (χ1) is 8.75. The van der Waals surface area contributed by atoms with E-state index in [0.29, 0.717) is 6.61 Å². The maximum absolute atomic E-state index is 5.79. The standard InChI is InChI=1S/C15H18N2O/c1-12(16)13-5-7-15(8-6-13)18-11-9-14-4-2-3-10-17-14/h2-8,10,12H,9,11,16H2,1H3/t12-/m0/s1. The van der Waals surface area contributed by atoms with E-state index >= 15 is 0 Å². The molecule has 3 nitrogen and oxygen atoms in total. The van der Waals surface area contributed by atoms with Gasteiger partial charge in [-0.1, -0.05) is 18.2 Å². The number of rotatable bonds is 5. The molecule has 2 aromatic rings. The molecule has 0 bridgehead atoms. The van der Waals surface area contributed by atoms with Crippen LogP contribution in [-0.4, -0.2) is 11.6 Å². The molecule has 0 aliphatic heterocycles. The number of hydrogen-bond acceptors (Lipinski definition) is 3. The summed E-state index contributed by atoms with van der Waals surface area (Å²) in [5.74, 6) is 0.871. The van der Waals surface area contributed by atoms with Crippen molar-refractivity contribution in [2.75, 3.05) is 6.61 Å². The fraction of sp³-hybridized carbons (Fsp3) is 0.267. The van der Waals surface area contributed by atoms with Gasteiger partial charge in [0.05, 0.1) is 6.61 Å². The molecule has 1 atom stereocenters. The molecule has 0 saturated heterocycles. The van der Waals surface area contributed by atoms with Gasteiger partial charge >= 0.3 is 0 Å². The molecule has 0 unspecified atom stereocenters. The van der Waals surface area contributed by atoms with Crippen LogP contribution >= 0.6 is 0 Å². The topological polar surface area (TPSA) is 48.1 Å². The van der Waals surface area contributed by atoms with Crippen molar-refractivity contribution in [2.45, 2.75) is 19.4 Å². The van der Waals surface area contributed by atoms with Crippen LogP contribution in [0.15, 0.2) is 48.7 Å². The highest BCUT2D eigenvalue weighted by molar-refractivity contribution is 5.28. The van der Waals surface area contributed by atoms with Crippen molar-refractivity contribution in [2.24, 2.45) is 5.73 Å². The lowest BCUT2D eigenvalue weighted by Crippen LogP contribution is -2.05. The van der Waals surface area contributed by atoms with E-state index in [2.05, 4.69) is 4.98 Å². The minimum Gasteiger partial charge on any atom is -0.493 e. The molecule has 0 aliphatic carbocycles. The summed E-state index contributed by atoms with van der Waals surface area (Å²) in [6.45, 7) is 2.60. The highest BCUT2D eigenvalue weighted by atomic mass is 16.5. The summed E-state index contributed by atoms with van der Waals surface area (Å²) >= 11 is 0. The van der Waals surface area contributed by atoms with Crippen LogP contribution < -0.4 is 10.5 Å². The maximum atomic E-state index is 5.79. The molecule has 0 spiro atoms. The lowest BCUT2D eigenvalue weighted by Gasteiger charge is -2.08. The zero-order valence-electron chi connectivity index (χ0n) is 10.5. The van der Waals surface area contributed by atoms with E-state index in [1.807, 2.05) is 49.4 Å². The van der Waals surface area contributed by atoms with Gasteiger partial charge in [-0.3, -0.25) is 4.98 Å². The minimum absolute atomic E-state index is 0.0626. The maximum Gasteiger partial charge on any atom is 0.119 e. The average Bonchev–Trinajstić information content (AvgIpc) is 2.40. The number of nitrogens with zero attached hydrogens (tertiary/aromatic N) is 1. The monoisotopic (exact) mass is 242 g/mol. The summed E-state index contributed by atoms with van der Waals surface area (Å²) in [6, 6.07) is 13.9. The normalized spacial score (nSPS) is 12.1. The third-order valence-electron chi connectivity index (χ3n) is 2.76. The number of nitrogens with two attached hydrogens (primary N) is 1. The zero-order chi connectivity index (χ0) is 12.8. The van der Waals surface area contributed by atoms with E-state index in [0.717, 1.165) is 23.4 Å². The molecular weight excluding hydrogens is 224 g/mol. The van der Waals surface area contributed by atoms with E-state index in [4.69, 9.17) is 10.5 Å². The Balaban J connectivity index is 1.83. The van der Waals surface area contributed by atoms with Gasteiger partial charge in [-0.2, -0.15) is 0 Å². The Morgan fingerprint density at radius 2 is 1.94 bits per heavy atom. The minimum atomic E-state index is 0.0626. The molecule has 1 aromatic carbocycles. The predicted octanol–water partition coefficient (Wildman–Crippen LogP) is 2.72. The summed E-state index contributed by atoms with van der Waals surface area (Å²) in [5.41, 5.74) is 7.95. The van der Waals surface area contributed by atoms with Gasteiger partial charge in [-0.25, -0.2) is 0 Å². The van der Waals surface area contributed by atoms with Gasteiger partial charge in [0.25, 0.3) is 0 Å². The van der Waals surface area contributed by atoms with Crippen molar-refractivity contribution in [3.8, 4) is 5.75 Å². The van der Waals surface area contributed by atoms with Crippen LogP contribution in [0, 0.1) is 0 Å². The Morgan fingerprint density at radius 1 is 1.17 bits per heavy atom. The first-order valence-corrected chi connectivity index (χ1v) is 6.14. The first-order valence-electron chi connectivity index (χ1n) is 6.14. The van der Waals surface area contributed by atoms with Crippen molar-refractivity contribution in [1.82, 2.24) is 4.98 Å². The van der Waals surface area contributed by atoms with Gasteiger partial charge in [-0.05, 0) is 36.8 Å². The summed E-state index contributed by atoms with van der Waals surface area (Å²) in [5, 5.41) is 0. The highest BCUT2D eigenvalue weighted by Gasteiger charge is 2.00. The Kier molecular flexibility index (Phi) is 4.31. The number of hydrogen-bond donors (Lipinski definition) is 1. The molecule has 0 radical (unpaired) electrons. The van der Waals surface area contributed by atoms with Crippen molar-refractivity contribution in [3.63, 3.8) is 0 Å². The fourth-order valence-electron chi connectivity index (χ4n) is 1.69. The Morgan fingerprint density at radius 3 is 2.56 bits per heavy atom. The van der Waals surface area contributed by atoms with Crippen LogP contribution in [0.2, 0.25) is 0 Å². The van der Waals surface area contributed by atoms with Crippen LogP contribution in [0.1, 0.15) is 24.2 Å². The number of aromatic nitrogens is 1. The second kappa shape index (κ2) is 6.17. The molecule has 0 fully saturated rings. The van der Waals surface area contributed by atoms with Crippen molar-refractivity contribution in [3.05, 3.63) is 59.9 Å². The molecule has 0 saturated carbocycles. The van der Waals surface area contributed by atoms with Gasteiger partial charge in [0.15, 0.2) is 0 Å². The fourth-order valence-corrected chi connectivity index (χ4v) is 1.69. The van der Waals surface area contributed by atoms with Crippen LogP contribution in [0.5, 0.6) is 5.75 Å². The molecule has 18 heavy (non-hydrogen) atoms. The zero-order valence-corrected chi connectivity index (χ0v) is 10.5. The summed E-state index contributed by atoms with van der Waals surface area (Å²) in [7, 11) is 0. The van der Waals surface area contributed by atoms with Crippen LogP contribution in [0.4, 0.5) is 0 Å². The van der Waals surface area contributed by atoms with Crippen molar-refractivity contribution < 1.29 is 4.74 Å². The number of pyridine rings is 1. The second-order valence-corrected chi connectivity index (χ2v) is 4.28. The van der Waals surface area contributed by atoms with Crippen LogP contribution in [0.3, 0.4) is 0 Å². The SMILES string of the molecule is C[C@H](N)c1ccc(OCCc2ccccn2)cc1. The Bertz CT molecular complexity index is 466. The Labute approximate surface area is 108 Å². The van der Waals surface area contributed by atoms with E-state index in [1.54, 1.807) is 6.20 Å². The van der Waals surface area contributed by atoms with Crippen LogP contribution in [-0.2, 0) is 6.42 Å². The molecule has 94 valence electrons. The summed E-state index contributed by atoms with van der Waals surface area (Å²) in [4.78, 5) is 4.25. The Hall–Kier alpha value is -1.87.